The van der Waals surface area contributed by atoms with Crippen LogP contribution in [0.1, 0.15) is 16.7 Å². The van der Waals surface area contributed by atoms with E-state index in [0.29, 0.717) is 24.3 Å². The van der Waals surface area contributed by atoms with Crippen LogP contribution in [0.25, 0.3) is 0 Å². The van der Waals surface area contributed by atoms with Crippen LogP contribution >= 0.6 is 0 Å². The maximum absolute atomic E-state index is 13.0. The lowest BCUT2D eigenvalue weighted by Crippen LogP contribution is -2.40. The number of hydrogen-bond acceptors (Lipinski definition) is 5. The molecule has 1 aliphatic rings. The highest BCUT2D eigenvalue weighted by atomic mass is 32.2. The fourth-order valence-electron chi connectivity index (χ4n) is 3.07. The summed E-state index contributed by atoms with van der Waals surface area (Å²) in [6, 6.07) is 9.73. The van der Waals surface area contributed by atoms with Crippen molar-refractivity contribution >= 4 is 25.7 Å². The van der Waals surface area contributed by atoms with Gasteiger partial charge < -0.3 is 4.74 Å². The van der Waals surface area contributed by atoms with Crippen molar-refractivity contribution in [2.24, 2.45) is 0 Å². The molecule has 0 aliphatic carbocycles. The van der Waals surface area contributed by atoms with E-state index >= 15 is 0 Å². The summed E-state index contributed by atoms with van der Waals surface area (Å²) in [5, 5.41) is 0. The van der Waals surface area contributed by atoms with Crippen molar-refractivity contribution in [3.63, 3.8) is 0 Å². The van der Waals surface area contributed by atoms with E-state index in [1.165, 1.54) is 10.4 Å². The first-order valence-electron chi connectivity index (χ1n) is 8.90. The quantitative estimate of drug-likeness (QED) is 0.796. The van der Waals surface area contributed by atoms with E-state index in [-0.39, 0.29) is 28.6 Å². The van der Waals surface area contributed by atoms with Gasteiger partial charge in [-0.1, -0.05) is 18.2 Å². The summed E-state index contributed by atoms with van der Waals surface area (Å²) >= 11 is 0. The zero-order valence-electron chi connectivity index (χ0n) is 16.1. The van der Waals surface area contributed by atoms with Crippen molar-refractivity contribution in [1.82, 2.24) is 4.31 Å². The van der Waals surface area contributed by atoms with Gasteiger partial charge in [0.05, 0.1) is 28.7 Å². The second-order valence-electron chi connectivity index (χ2n) is 6.87. The van der Waals surface area contributed by atoms with Crippen LogP contribution < -0.4 is 4.72 Å². The van der Waals surface area contributed by atoms with Gasteiger partial charge in [-0.2, -0.15) is 4.31 Å². The van der Waals surface area contributed by atoms with Crippen molar-refractivity contribution in [2.45, 2.75) is 30.6 Å². The molecule has 2 aromatic carbocycles. The highest BCUT2D eigenvalue weighted by Gasteiger charge is 2.28. The first kappa shape index (κ1) is 20.8. The zero-order valence-corrected chi connectivity index (χ0v) is 17.7. The fourth-order valence-corrected chi connectivity index (χ4v) is 6.11. The van der Waals surface area contributed by atoms with E-state index in [9.17, 15) is 16.8 Å². The zero-order chi connectivity index (χ0) is 20.5. The van der Waals surface area contributed by atoms with Gasteiger partial charge in [0.25, 0.3) is 10.0 Å². The fraction of sp³-hybridized carbons (Fsp3) is 0.368. The van der Waals surface area contributed by atoms with E-state index in [2.05, 4.69) is 4.72 Å². The molecule has 0 atom stereocenters. The maximum Gasteiger partial charge on any atom is 0.262 e. The summed E-state index contributed by atoms with van der Waals surface area (Å²) in [6.07, 6.45) is 0. The van der Waals surface area contributed by atoms with Gasteiger partial charge in [-0.3, -0.25) is 4.72 Å². The maximum atomic E-state index is 13.0. The first-order chi connectivity index (χ1) is 13.1. The number of aryl methyl sites for hydroxylation is 3. The third kappa shape index (κ3) is 4.22. The number of hydrogen-bond donors (Lipinski definition) is 1. The molecule has 1 saturated heterocycles. The monoisotopic (exact) mass is 424 g/mol. The molecule has 1 N–H and O–H groups in total. The topological polar surface area (TPSA) is 92.8 Å². The SMILES string of the molecule is Cc1ccc(C)c(S(=O)(=O)Nc2ccc(C)c(S(=O)(=O)N3CCOCC3)c2)c1. The molecule has 28 heavy (non-hydrogen) atoms. The minimum absolute atomic E-state index is 0.0931. The molecule has 1 fully saturated rings. The lowest BCUT2D eigenvalue weighted by molar-refractivity contribution is 0.0730. The second kappa shape index (κ2) is 7.82. The Kier molecular flexibility index (Phi) is 5.81. The standard InChI is InChI=1S/C19H24N2O5S2/c1-14-4-5-15(2)18(12-14)27(22,23)20-17-7-6-16(3)19(13-17)28(24,25)21-8-10-26-11-9-21/h4-7,12-13,20H,8-11H2,1-3H3. The third-order valence-corrected chi connectivity index (χ3v) is 8.23. The number of ether oxygens (including phenoxy) is 1. The van der Waals surface area contributed by atoms with Gasteiger partial charge in [0.2, 0.25) is 10.0 Å². The van der Waals surface area contributed by atoms with Crippen LogP contribution in [0.15, 0.2) is 46.2 Å². The molecule has 1 heterocycles. The van der Waals surface area contributed by atoms with E-state index in [4.69, 9.17) is 4.74 Å². The first-order valence-corrected chi connectivity index (χ1v) is 11.8. The summed E-state index contributed by atoms with van der Waals surface area (Å²) in [7, 11) is -7.58. The number of nitrogens with zero attached hydrogens (tertiary/aromatic N) is 1. The average Bonchev–Trinajstić information content (AvgIpc) is 2.65. The Bertz CT molecular complexity index is 1090. The molecule has 7 nitrogen and oxygen atoms in total. The lowest BCUT2D eigenvalue weighted by atomic mass is 10.2. The Labute approximate surface area is 166 Å². The molecule has 9 heteroatoms. The van der Waals surface area contributed by atoms with Gasteiger partial charge in [-0.25, -0.2) is 16.8 Å². The van der Waals surface area contributed by atoms with Gasteiger partial charge in [-0.15, -0.1) is 0 Å². The van der Waals surface area contributed by atoms with Gasteiger partial charge >= 0.3 is 0 Å². The smallest absolute Gasteiger partial charge is 0.262 e. The minimum Gasteiger partial charge on any atom is -0.379 e. The molecule has 0 radical (unpaired) electrons. The highest BCUT2D eigenvalue weighted by molar-refractivity contribution is 7.92. The van der Waals surface area contributed by atoms with Crippen LogP contribution in [0.4, 0.5) is 5.69 Å². The molecule has 0 saturated carbocycles. The summed E-state index contributed by atoms with van der Waals surface area (Å²) in [4.78, 5) is 0.265. The van der Waals surface area contributed by atoms with Crippen molar-refractivity contribution in [2.75, 3.05) is 31.0 Å². The Hall–Kier alpha value is -1.94. The van der Waals surface area contributed by atoms with Crippen LogP contribution in [-0.4, -0.2) is 47.4 Å². The van der Waals surface area contributed by atoms with Crippen molar-refractivity contribution < 1.29 is 21.6 Å². The molecule has 0 bridgehead atoms. The number of anilines is 1. The Morgan fingerprint density at radius 3 is 2.14 bits per heavy atom. The normalized spacial score (nSPS) is 16.1. The summed E-state index contributed by atoms with van der Waals surface area (Å²) in [5.74, 6) is 0. The van der Waals surface area contributed by atoms with E-state index in [0.717, 1.165) is 5.56 Å². The molecule has 3 rings (SSSR count). The predicted molar refractivity (Wildman–Crippen MR) is 107 cm³/mol. The number of rotatable bonds is 5. The van der Waals surface area contributed by atoms with Crippen LogP contribution in [0, 0.1) is 20.8 Å². The average molecular weight is 425 g/mol. The largest absolute Gasteiger partial charge is 0.379 e. The Morgan fingerprint density at radius 1 is 0.857 bits per heavy atom. The molecule has 0 aromatic heterocycles. The molecule has 0 amide bonds. The third-order valence-electron chi connectivity index (χ3n) is 4.66. The minimum atomic E-state index is -3.84. The Balaban J connectivity index is 1.96. The van der Waals surface area contributed by atoms with Gasteiger partial charge in [0.1, 0.15) is 0 Å². The van der Waals surface area contributed by atoms with E-state index in [1.54, 1.807) is 38.1 Å². The Morgan fingerprint density at radius 2 is 1.46 bits per heavy atom. The van der Waals surface area contributed by atoms with Gasteiger partial charge in [0.15, 0.2) is 0 Å². The predicted octanol–water partition coefficient (Wildman–Crippen LogP) is 2.43. The van der Waals surface area contributed by atoms with Gasteiger partial charge in [0, 0.05) is 13.1 Å². The van der Waals surface area contributed by atoms with Crippen molar-refractivity contribution in [3.8, 4) is 0 Å². The number of benzene rings is 2. The summed E-state index contributed by atoms with van der Waals surface area (Å²) < 4.78 is 60.7. The molecule has 0 spiro atoms. The highest BCUT2D eigenvalue weighted by Crippen LogP contribution is 2.26. The molecule has 0 unspecified atom stereocenters. The molecule has 2 aromatic rings. The summed E-state index contributed by atoms with van der Waals surface area (Å²) in [5.41, 5.74) is 2.20. The van der Waals surface area contributed by atoms with Crippen LogP contribution in [0.3, 0.4) is 0 Å². The molecule has 152 valence electrons. The van der Waals surface area contributed by atoms with E-state index < -0.39 is 20.0 Å². The number of nitrogens with one attached hydrogen (secondary N) is 1. The lowest BCUT2D eigenvalue weighted by Gasteiger charge is -2.27. The number of sulfonamides is 2. The van der Waals surface area contributed by atoms with Crippen molar-refractivity contribution in [1.29, 1.82) is 0 Å². The van der Waals surface area contributed by atoms with E-state index in [1.807, 2.05) is 13.0 Å². The summed E-state index contributed by atoms with van der Waals surface area (Å²) in [6.45, 7) is 6.47. The molecule has 1 aliphatic heterocycles. The second-order valence-corrected chi connectivity index (χ2v) is 10.4. The van der Waals surface area contributed by atoms with Crippen LogP contribution in [0.5, 0.6) is 0 Å². The molecular formula is C19H24N2O5S2. The van der Waals surface area contributed by atoms with Crippen LogP contribution in [-0.2, 0) is 24.8 Å². The van der Waals surface area contributed by atoms with Crippen molar-refractivity contribution in [3.05, 3.63) is 53.1 Å². The van der Waals surface area contributed by atoms with Crippen LogP contribution in [0.2, 0.25) is 0 Å². The molecular weight excluding hydrogens is 400 g/mol. The van der Waals surface area contributed by atoms with Gasteiger partial charge in [-0.05, 0) is 55.7 Å². The number of morpholine rings is 1.